The van der Waals surface area contributed by atoms with E-state index in [0.29, 0.717) is 0 Å². The van der Waals surface area contributed by atoms with Gasteiger partial charge in [-0.2, -0.15) is 0 Å². The van der Waals surface area contributed by atoms with Crippen molar-refractivity contribution in [3.8, 4) is 0 Å². The van der Waals surface area contributed by atoms with Gasteiger partial charge in [0.05, 0.1) is 4.17 Å². The molecule has 1 nitrogen and oxygen atoms in total. The summed E-state index contributed by atoms with van der Waals surface area (Å²) in [6, 6.07) is 0. The maximum atomic E-state index is 4.26. The molecule has 0 fully saturated rings. The van der Waals surface area contributed by atoms with Gasteiger partial charge in [0, 0.05) is 0 Å². The first kappa shape index (κ1) is 6.18. The Kier molecular flexibility index (Phi) is 6.40. The van der Waals surface area contributed by atoms with Gasteiger partial charge in [-0.3, -0.25) is 0 Å². The lowest BCUT2D eigenvalue weighted by atomic mass is 11.9. The lowest BCUT2D eigenvalue weighted by Gasteiger charge is -1.79. The van der Waals surface area contributed by atoms with Gasteiger partial charge < -0.3 is 17.0 Å². The molecule has 0 aromatic carbocycles. The van der Waals surface area contributed by atoms with Gasteiger partial charge in [0.15, 0.2) is 0 Å². The molecular weight excluding hydrogens is 216 g/mol. The fourth-order valence-corrected chi connectivity index (χ4v) is 1.32. The highest BCUT2D eigenvalue weighted by Gasteiger charge is 1.52. The van der Waals surface area contributed by atoms with Gasteiger partial charge in [0.25, 0.3) is 0 Å². The molecule has 0 aliphatic carbocycles. The third-order valence-corrected chi connectivity index (χ3v) is 1.60. The molecule has 30 valence electrons. The standard InChI is InChI=1S/CH3INPS/c2-1-4-3-5/h5H,1H2/p-1. The molecule has 0 heterocycles. The van der Waals surface area contributed by atoms with Gasteiger partial charge in [-0.05, 0) is 8.37 Å². The zero-order valence-electron chi connectivity index (χ0n) is 2.39. The Morgan fingerprint density at radius 2 is 2.60 bits per heavy atom. The lowest BCUT2D eigenvalue weighted by molar-refractivity contribution is 2.08. The van der Waals surface area contributed by atoms with Crippen LogP contribution >= 0.6 is 31.0 Å². The minimum Gasteiger partial charge on any atom is -0.638 e. The molecule has 0 radical (unpaired) electrons. The van der Waals surface area contributed by atoms with Gasteiger partial charge in [-0.15, -0.1) is 0 Å². The van der Waals surface area contributed by atoms with E-state index in [1.165, 1.54) is 0 Å². The summed E-state index contributed by atoms with van der Waals surface area (Å²) < 4.78 is 4.42. The predicted molar refractivity (Wildman–Crippen MR) is 35.6 cm³/mol. The molecule has 0 saturated heterocycles. The summed E-state index contributed by atoms with van der Waals surface area (Å²) in [4.78, 5) is 0. The molecule has 0 atom stereocenters. The first-order chi connectivity index (χ1) is 2.41. The number of alkyl halides is 1. The molecule has 0 bridgehead atoms. The van der Waals surface area contributed by atoms with E-state index in [1.807, 2.05) is 0 Å². The molecule has 0 spiro atoms. The quantitative estimate of drug-likeness (QED) is 0.283. The molecule has 0 saturated carbocycles. The zero-order chi connectivity index (χ0) is 4.12. The van der Waals surface area contributed by atoms with Gasteiger partial charge in [0.1, 0.15) is 0 Å². The first-order valence-corrected chi connectivity index (χ1v) is 3.89. The SMILES string of the molecule is [S-]N=PCI. The van der Waals surface area contributed by atoms with Crippen LogP contribution in [0, 0.1) is 0 Å². The van der Waals surface area contributed by atoms with E-state index in [4.69, 9.17) is 0 Å². The minimum atomic E-state index is 1.01. The van der Waals surface area contributed by atoms with Crippen molar-refractivity contribution in [2.75, 3.05) is 4.17 Å². The number of hydrogen-bond donors (Lipinski definition) is 0. The first-order valence-electron chi connectivity index (χ1n) is 0.966. The lowest BCUT2D eigenvalue weighted by Crippen LogP contribution is -1.32. The number of nitrogens with zero attached hydrogens (tertiary/aromatic N) is 1. The van der Waals surface area contributed by atoms with E-state index in [0.717, 1.165) is 12.5 Å². The van der Waals surface area contributed by atoms with Crippen LogP contribution in [0.4, 0.5) is 0 Å². The van der Waals surface area contributed by atoms with Gasteiger partial charge in [0.2, 0.25) is 0 Å². The fourth-order valence-electron chi connectivity index (χ4n) is 0.0218. The van der Waals surface area contributed by atoms with Crippen LogP contribution < -0.4 is 0 Å². The number of rotatable bonds is 1. The van der Waals surface area contributed by atoms with Crippen molar-refractivity contribution in [3.63, 3.8) is 0 Å². The normalized spacial score (nSPS) is 10.0. The van der Waals surface area contributed by atoms with Crippen LogP contribution in [-0.2, 0) is 12.8 Å². The summed E-state index contributed by atoms with van der Waals surface area (Å²) in [5.74, 6) is 0. The molecule has 0 aromatic heterocycles. The average molecular weight is 218 g/mol. The molecular formula is CH2INPS-. The molecule has 0 unspecified atom stereocenters. The zero-order valence-corrected chi connectivity index (χ0v) is 6.26. The van der Waals surface area contributed by atoms with Crippen molar-refractivity contribution in [1.82, 2.24) is 0 Å². The third kappa shape index (κ3) is 5.18. The molecule has 0 N–H and O–H groups in total. The molecule has 0 amide bonds. The van der Waals surface area contributed by atoms with Crippen LogP contribution in [0.2, 0.25) is 0 Å². The van der Waals surface area contributed by atoms with Crippen LogP contribution in [0.3, 0.4) is 0 Å². The predicted octanol–water partition coefficient (Wildman–Crippen LogP) is 1.97. The van der Waals surface area contributed by atoms with Gasteiger partial charge in [-0.1, -0.05) is 22.6 Å². The smallest absolute Gasteiger partial charge is 0.0571 e. The van der Waals surface area contributed by atoms with E-state index in [2.05, 4.69) is 39.6 Å². The Labute approximate surface area is 52.1 Å². The number of hydrogen-bond acceptors (Lipinski definition) is 2. The molecule has 0 aliphatic rings. The van der Waals surface area contributed by atoms with Crippen molar-refractivity contribution in [2.45, 2.75) is 0 Å². The molecule has 0 aromatic rings. The largest absolute Gasteiger partial charge is 0.638 e. The summed E-state index contributed by atoms with van der Waals surface area (Å²) in [6.07, 6.45) is 0. The molecule has 0 aliphatic heterocycles. The Morgan fingerprint density at radius 3 is 2.60 bits per heavy atom. The van der Waals surface area contributed by atoms with E-state index >= 15 is 0 Å². The maximum absolute atomic E-state index is 4.26. The highest BCUT2D eigenvalue weighted by atomic mass is 127. The highest BCUT2D eigenvalue weighted by molar-refractivity contribution is 14.1. The van der Waals surface area contributed by atoms with Crippen molar-refractivity contribution in [1.29, 1.82) is 0 Å². The van der Waals surface area contributed by atoms with Crippen molar-refractivity contribution >= 4 is 43.8 Å². The molecule has 4 heteroatoms. The summed E-state index contributed by atoms with van der Waals surface area (Å²) in [5.41, 5.74) is 0. The van der Waals surface area contributed by atoms with Crippen LogP contribution in [0.15, 0.2) is 4.15 Å². The van der Waals surface area contributed by atoms with E-state index in [1.54, 1.807) is 0 Å². The Morgan fingerprint density at radius 1 is 2.00 bits per heavy atom. The third-order valence-electron chi connectivity index (χ3n) is 0.111. The summed E-state index contributed by atoms with van der Waals surface area (Å²) in [5, 5.41) is 0. The minimum absolute atomic E-state index is 1.01. The molecule has 5 heavy (non-hydrogen) atoms. The van der Waals surface area contributed by atoms with E-state index in [-0.39, 0.29) is 0 Å². The Balaban J connectivity index is 2.62. The van der Waals surface area contributed by atoms with Crippen molar-refractivity contribution < 1.29 is 0 Å². The monoisotopic (exact) mass is 218 g/mol. The maximum Gasteiger partial charge on any atom is 0.0571 e. The van der Waals surface area contributed by atoms with Gasteiger partial charge in [-0.25, -0.2) is 0 Å². The average Bonchev–Trinajstić information content (AvgIpc) is 1.41. The fraction of sp³-hybridized carbons (Fsp3) is 1.00. The van der Waals surface area contributed by atoms with Crippen molar-refractivity contribution in [3.05, 3.63) is 0 Å². The van der Waals surface area contributed by atoms with Crippen molar-refractivity contribution in [2.24, 2.45) is 4.15 Å². The van der Waals surface area contributed by atoms with E-state index in [9.17, 15) is 0 Å². The Bertz CT molecular complexity index is 38.6. The van der Waals surface area contributed by atoms with Crippen LogP contribution in [-0.4, -0.2) is 4.17 Å². The highest BCUT2D eigenvalue weighted by Crippen LogP contribution is 2.00. The second-order valence-corrected chi connectivity index (χ2v) is 3.56. The topological polar surface area (TPSA) is 12.4 Å². The van der Waals surface area contributed by atoms with Crippen LogP contribution in [0.25, 0.3) is 0 Å². The van der Waals surface area contributed by atoms with Crippen LogP contribution in [0.5, 0.6) is 0 Å². The summed E-state index contributed by atoms with van der Waals surface area (Å²) in [7, 11) is 1.01. The van der Waals surface area contributed by atoms with Gasteiger partial charge >= 0.3 is 0 Å². The summed E-state index contributed by atoms with van der Waals surface area (Å²) >= 11 is 6.47. The molecule has 0 rings (SSSR count). The number of halogens is 1. The Hall–Kier alpha value is 1.18. The second kappa shape index (κ2) is 5.18. The summed E-state index contributed by atoms with van der Waals surface area (Å²) in [6.45, 7) is 0. The van der Waals surface area contributed by atoms with Crippen LogP contribution in [0.1, 0.15) is 0 Å². The van der Waals surface area contributed by atoms with E-state index < -0.39 is 0 Å². The second-order valence-electron chi connectivity index (χ2n) is 0.343.